The number of nitrogens with zero attached hydrogens (tertiary/aromatic N) is 3. The summed E-state index contributed by atoms with van der Waals surface area (Å²) in [5, 5.41) is 0. The van der Waals surface area contributed by atoms with Crippen molar-refractivity contribution in [1.29, 1.82) is 0 Å². The molecule has 9 nitrogen and oxygen atoms in total. The highest BCUT2D eigenvalue weighted by Gasteiger charge is 2.34. The van der Waals surface area contributed by atoms with Gasteiger partial charge in [-0.15, -0.1) is 0 Å². The quantitative estimate of drug-likeness (QED) is 0.369. The van der Waals surface area contributed by atoms with Gasteiger partial charge in [-0.1, -0.05) is 24.3 Å². The van der Waals surface area contributed by atoms with Crippen LogP contribution in [-0.4, -0.2) is 69.5 Å². The number of carbonyl (C=O) groups is 1. The molecular formula is C27H31N3O6S2. The third-order valence-corrected chi connectivity index (χ3v) is 9.65. The molecule has 0 radical (unpaired) electrons. The summed E-state index contributed by atoms with van der Waals surface area (Å²) in [6.45, 7) is 2.19. The van der Waals surface area contributed by atoms with Gasteiger partial charge in [-0.05, 0) is 60.4 Å². The molecule has 38 heavy (non-hydrogen) atoms. The molecule has 2 aromatic carbocycles. The number of hydrogen-bond donors (Lipinski definition) is 0. The van der Waals surface area contributed by atoms with Crippen LogP contribution in [0.25, 0.3) is 0 Å². The number of carbonyl (C=O) groups excluding carboxylic acids is 1. The molecule has 0 aliphatic carbocycles. The lowest BCUT2D eigenvalue weighted by Crippen LogP contribution is -2.46. The van der Waals surface area contributed by atoms with Crippen molar-refractivity contribution in [3.63, 3.8) is 0 Å². The first kappa shape index (κ1) is 27.9. The Morgan fingerprint density at radius 3 is 2.26 bits per heavy atom. The summed E-state index contributed by atoms with van der Waals surface area (Å²) in [5.41, 5.74) is 2.29. The highest BCUT2D eigenvalue weighted by atomic mass is 32.2. The van der Waals surface area contributed by atoms with Gasteiger partial charge in [0.25, 0.3) is 0 Å². The Hall–Kier alpha value is -3.12. The number of ether oxygens (including phenoxy) is 1. The molecule has 1 aromatic heterocycles. The second kappa shape index (κ2) is 11.7. The molecule has 202 valence electrons. The van der Waals surface area contributed by atoms with E-state index in [1.807, 2.05) is 18.2 Å². The normalized spacial score (nSPS) is 15.4. The third-order valence-electron chi connectivity index (χ3n) is 6.65. The zero-order chi connectivity index (χ0) is 27.3. The van der Waals surface area contributed by atoms with Crippen molar-refractivity contribution in [3.05, 3.63) is 89.7 Å². The van der Waals surface area contributed by atoms with Crippen molar-refractivity contribution in [1.82, 2.24) is 14.2 Å². The fourth-order valence-electron chi connectivity index (χ4n) is 4.57. The second-order valence-corrected chi connectivity index (χ2v) is 13.3. The van der Waals surface area contributed by atoms with E-state index >= 15 is 0 Å². The van der Waals surface area contributed by atoms with Crippen LogP contribution < -0.4 is 0 Å². The molecule has 11 heteroatoms. The molecule has 1 fully saturated rings. The molecule has 0 N–H and O–H groups in total. The highest BCUT2D eigenvalue weighted by Crippen LogP contribution is 2.28. The molecule has 0 spiro atoms. The van der Waals surface area contributed by atoms with Crippen LogP contribution in [0.15, 0.2) is 82.8 Å². The smallest absolute Gasteiger partial charge is 0.337 e. The molecule has 3 aromatic rings. The van der Waals surface area contributed by atoms with E-state index in [2.05, 4.69) is 9.88 Å². The lowest BCUT2D eigenvalue weighted by atomic mass is 10.0. The molecule has 1 aliphatic rings. The van der Waals surface area contributed by atoms with E-state index in [0.29, 0.717) is 38.0 Å². The van der Waals surface area contributed by atoms with Gasteiger partial charge in [0.2, 0.25) is 10.0 Å². The lowest BCUT2D eigenvalue weighted by molar-refractivity contribution is 0.0600. The Balaban J connectivity index is 1.53. The number of piperidine rings is 1. The summed E-state index contributed by atoms with van der Waals surface area (Å²) in [4.78, 5) is 18.0. The highest BCUT2D eigenvalue weighted by molar-refractivity contribution is 7.91. The summed E-state index contributed by atoms with van der Waals surface area (Å²) in [6.07, 6.45) is 5.57. The maximum Gasteiger partial charge on any atom is 0.337 e. The van der Waals surface area contributed by atoms with E-state index in [0.717, 1.165) is 17.4 Å². The van der Waals surface area contributed by atoms with Crippen LogP contribution >= 0.6 is 0 Å². The zero-order valence-corrected chi connectivity index (χ0v) is 23.0. The van der Waals surface area contributed by atoms with Gasteiger partial charge < -0.3 is 4.74 Å². The van der Waals surface area contributed by atoms with E-state index in [1.165, 1.54) is 35.7 Å². The Morgan fingerprint density at radius 2 is 1.66 bits per heavy atom. The number of methoxy groups -OCH3 is 1. The molecule has 0 amide bonds. The van der Waals surface area contributed by atoms with Crippen molar-refractivity contribution in [2.45, 2.75) is 41.8 Å². The van der Waals surface area contributed by atoms with Crippen molar-refractivity contribution in [2.24, 2.45) is 0 Å². The van der Waals surface area contributed by atoms with Crippen LogP contribution in [0.2, 0.25) is 0 Å². The number of hydrogen-bond acceptors (Lipinski definition) is 8. The number of aromatic nitrogens is 1. The fraction of sp³-hybridized carbons (Fsp3) is 0.333. The summed E-state index contributed by atoms with van der Waals surface area (Å²) in [5.74, 6) is -0.380. The summed E-state index contributed by atoms with van der Waals surface area (Å²) >= 11 is 0. The van der Waals surface area contributed by atoms with E-state index in [-0.39, 0.29) is 28.3 Å². The van der Waals surface area contributed by atoms with E-state index < -0.39 is 19.9 Å². The molecule has 4 rings (SSSR count). The van der Waals surface area contributed by atoms with Crippen molar-refractivity contribution >= 4 is 25.8 Å². The summed E-state index contributed by atoms with van der Waals surface area (Å²) < 4.78 is 58.1. The zero-order valence-electron chi connectivity index (χ0n) is 21.4. The number of sulfone groups is 1. The SMILES string of the molecule is COC(=O)c1ccc(CN2CCC(N(Cc3cccnc3)S(=O)(=O)c3cccc(S(C)(=O)=O)c3)CC2)cc1. The second-order valence-electron chi connectivity index (χ2n) is 9.35. The van der Waals surface area contributed by atoms with Gasteiger partial charge in [-0.3, -0.25) is 9.88 Å². The topological polar surface area (TPSA) is 114 Å². The number of benzene rings is 2. The van der Waals surface area contributed by atoms with Crippen molar-refractivity contribution in [2.75, 3.05) is 26.5 Å². The predicted octanol–water partition coefficient (Wildman–Crippen LogP) is 3.13. The number of rotatable bonds is 9. The van der Waals surface area contributed by atoms with Gasteiger partial charge in [-0.25, -0.2) is 21.6 Å². The first-order valence-electron chi connectivity index (χ1n) is 12.2. The Kier molecular flexibility index (Phi) is 8.61. The van der Waals surface area contributed by atoms with Gasteiger partial charge >= 0.3 is 5.97 Å². The first-order valence-corrected chi connectivity index (χ1v) is 15.5. The minimum absolute atomic E-state index is 0.0343. The van der Waals surface area contributed by atoms with E-state index in [1.54, 1.807) is 30.6 Å². The van der Waals surface area contributed by atoms with Crippen LogP contribution in [0.4, 0.5) is 0 Å². The average Bonchev–Trinajstić information content (AvgIpc) is 2.92. The average molecular weight is 558 g/mol. The number of esters is 1. The Bertz CT molecular complexity index is 1470. The largest absolute Gasteiger partial charge is 0.465 e. The molecule has 0 saturated carbocycles. The number of sulfonamides is 1. The summed E-state index contributed by atoms with van der Waals surface area (Å²) in [6, 6.07) is 16.1. The van der Waals surface area contributed by atoms with Crippen LogP contribution in [0, 0.1) is 0 Å². The third kappa shape index (κ3) is 6.65. The number of likely N-dealkylation sites (tertiary alicyclic amines) is 1. The van der Waals surface area contributed by atoms with Gasteiger partial charge in [0.1, 0.15) is 0 Å². The molecule has 1 saturated heterocycles. The predicted molar refractivity (Wildman–Crippen MR) is 143 cm³/mol. The minimum Gasteiger partial charge on any atom is -0.465 e. The molecule has 0 atom stereocenters. The maximum atomic E-state index is 13.9. The van der Waals surface area contributed by atoms with Crippen molar-refractivity contribution in [3.8, 4) is 0 Å². The van der Waals surface area contributed by atoms with Gasteiger partial charge in [0.15, 0.2) is 9.84 Å². The van der Waals surface area contributed by atoms with Gasteiger partial charge in [0, 0.05) is 50.9 Å². The van der Waals surface area contributed by atoms with Crippen LogP contribution in [0.5, 0.6) is 0 Å². The molecule has 0 bridgehead atoms. The molecule has 2 heterocycles. The van der Waals surface area contributed by atoms with Crippen LogP contribution in [0.1, 0.15) is 34.3 Å². The van der Waals surface area contributed by atoms with Gasteiger partial charge in [0.05, 0.1) is 22.5 Å². The van der Waals surface area contributed by atoms with Crippen LogP contribution in [-0.2, 0) is 37.7 Å². The van der Waals surface area contributed by atoms with E-state index in [9.17, 15) is 21.6 Å². The minimum atomic E-state index is -3.99. The van der Waals surface area contributed by atoms with Gasteiger partial charge in [-0.2, -0.15) is 4.31 Å². The number of pyridine rings is 1. The molecular weight excluding hydrogens is 526 g/mol. The Morgan fingerprint density at radius 1 is 0.974 bits per heavy atom. The van der Waals surface area contributed by atoms with E-state index in [4.69, 9.17) is 4.74 Å². The van der Waals surface area contributed by atoms with Crippen molar-refractivity contribution < 1.29 is 26.4 Å². The lowest BCUT2D eigenvalue weighted by Gasteiger charge is -2.38. The standard InChI is InChI=1S/C27H31N3O6S2/c1-36-27(31)23-10-8-21(9-11-23)19-29-15-12-24(13-16-29)30(20-22-5-4-14-28-18-22)38(34,35)26-7-3-6-25(17-26)37(2,32)33/h3-11,14,17-18,24H,12-13,15-16,19-20H2,1-2H3. The fourth-order valence-corrected chi connectivity index (χ4v) is 7.03. The molecule has 1 aliphatic heterocycles. The molecule has 0 unspecified atom stereocenters. The Labute approximate surface area is 224 Å². The summed E-state index contributed by atoms with van der Waals surface area (Å²) in [7, 11) is -6.21. The van der Waals surface area contributed by atoms with Crippen LogP contribution in [0.3, 0.4) is 0 Å². The first-order chi connectivity index (χ1) is 18.1. The maximum absolute atomic E-state index is 13.9. The monoisotopic (exact) mass is 557 g/mol.